The summed E-state index contributed by atoms with van der Waals surface area (Å²) in [5, 5.41) is 1.11. The number of hydrogen-bond acceptors (Lipinski definition) is 5. The van der Waals surface area contributed by atoms with E-state index in [1.165, 1.54) is 0 Å². The molecule has 0 radical (unpaired) electrons. The average Bonchev–Trinajstić information content (AvgIpc) is 3.00. The van der Waals surface area contributed by atoms with Crippen LogP contribution in [0.2, 0.25) is 5.15 Å². The Morgan fingerprint density at radius 1 is 1.32 bits per heavy atom. The van der Waals surface area contributed by atoms with Gasteiger partial charge in [-0.1, -0.05) is 23.7 Å². The van der Waals surface area contributed by atoms with Gasteiger partial charge in [0.15, 0.2) is 5.15 Å². The first-order valence-corrected chi connectivity index (χ1v) is 9.74. The Bertz CT molecular complexity index is 778. The molecule has 0 unspecified atom stereocenters. The Kier molecular flexibility index (Phi) is 5.39. The van der Waals surface area contributed by atoms with E-state index in [9.17, 15) is 4.79 Å². The van der Waals surface area contributed by atoms with Crippen LogP contribution in [0.15, 0.2) is 29.3 Å². The minimum Gasteiger partial charge on any atom is -0.444 e. The van der Waals surface area contributed by atoms with E-state index in [0.717, 1.165) is 36.2 Å². The minimum absolute atomic E-state index is 0.129. The highest BCUT2D eigenvalue weighted by atomic mass is 35.5. The molecule has 134 valence electrons. The van der Waals surface area contributed by atoms with Crippen LogP contribution >= 0.6 is 23.4 Å². The molecule has 1 amide bonds. The maximum Gasteiger partial charge on any atom is 0.410 e. The lowest BCUT2D eigenvalue weighted by Gasteiger charge is -2.28. The van der Waals surface area contributed by atoms with Gasteiger partial charge in [-0.2, -0.15) is 0 Å². The molecule has 5 nitrogen and oxygen atoms in total. The lowest BCUT2D eigenvalue weighted by Crippen LogP contribution is -2.40. The van der Waals surface area contributed by atoms with Gasteiger partial charge in [0.05, 0.1) is 11.0 Å². The van der Waals surface area contributed by atoms with Crippen molar-refractivity contribution in [2.45, 2.75) is 50.3 Å². The SMILES string of the molecule is CC(C)(C)OC(=O)N1CCC[C@H]1CSc1nc2ccccc2nc1Cl. The lowest BCUT2D eigenvalue weighted by molar-refractivity contribution is 0.0242. The molecule has 0 N–H and O–H groups in total. The molecule has 1 aliphatic heterocycles. The molecular weight excluding hydrogens is 358 g/mol. The summed E-state index contributed by atoms with van der Waals surface area (Å²) < 4.78 is 5.51. The Balaban J connectivity index is 1.68. The molecule has 0 spiro atoms. The summed E-state index contributed by atoms with van der Waals surface area (Å²) in [7, 11) is 0. The molecule has 0 aliphatic carbocycles. The fourth-order valence-electron chi connectivity index (χ4n) is 2.80. The number of thioether (sulfide) groups is 1. The Hall–Kier alpha value is -1.53. The molecule has 2 heterocycles. The van der Waals surface area contributed by atoms with Gasteiger partial charge in [-0.3, -0.25) is 0 Å². The van der Waals surface area contributed by atoms with E-state index in [4.69, 9.17) is 16.3 Å². The largest absolute Gasteiger partial charge is 0.444 e. The van der Waals surface area contributed by atoms with Crippen molar-refractivity contribution in [1.82, 2.24) is 14.9 Å². The second-order valence-electron chi connectivity index (χ2n) is 7.09. The third-order valence-corrected chi connectivity index (χ3v) is 5.40. The molecule has 3 rings (SSSR count). The highest BCUT2D eigenvalue weighted by Crippen LogP contribution is 2.30. The van der Waals surface area contributed by atoms with Crippen LogP contribution in [0.4, 0.5) is 4.79 Å². The summed E-state index contributed by atoms with van der Waals surface area (Å²) in [5.74, 6) is 0.728. The second kappa shape index (κ2) is 7.38. The molecule has 0 saturated carbocycles. The van der Waals surface area contributed by atoms with Gasteiger partial charge in [-0.25, -0.2) is 14.8 Å². The fourth-order valence-corrected chi connectivity index (χ4v) is 4.12. The normalized spacial score (nSPS) is 17.9. The van der Waals surface area contributed by atoms with Gasteiger partial charge in [0.2, 0.25) is 0 Å². The third-order valence-electron chi connectivity index (χ3n) is 3.92. The number of aromatic nitrogens is 2. The van der Waals surface area contributed by atoms with Gasteiger partial charge < -0.3 is 9.64 Å². The summed E-state index contributed by atoms with van der Waals surface area (Å²) >= 11 is 7.82. The zero-order chi connectivity index (χ0) is 18.0. The van der Waals surface area contributed by atoms with E-state index in [-0.39, 0.29) is 12.1 Å². The summed E-state index contributed by atoms with van der Waals surface area (Å²) in [4.78, 5) is 23.2. The van der Waals surface area contributed by atoms with Gasteiger partial charge in [-0.15, -0.1) is 11.8 Å². The molecule has 1 aromatic carbocycles. The summed E-state index contributed by atoms with van der Waals surface area (Å²) in [5.41, 5.74) is 1.13. The first kappa shape index (κ1) is 18.3. The molecule has 1 aliphatic rings. The van der Waals surface area contributed by atoms with Crippen LogP contribution in [0.1, 0.15) is 33.6 Å². The molecule has 1 aromatic heterocycles. The van der Waals surface area contributed by atoms with Crippen molar-refractivity contribution in [2.24, 2.45) is 0 Å². The number of likely N-dealkylation sites (tertiary alicyclic amines) is 1. The van der Waals surface area contributed by atoms with Crippen molar-refractivity contribution >= 4 is 40.5 Å². The van der Waals surface area contributed by atoms with E-state index < -0.39 is 5.60 Å². The quantitative estimate of drug-likeness (QED) is 0.718. The Morgan fingerprint density at radius 2 is 2.00 bits per heavy atom. The zero-order valence-corrected chi connectivity index (χ0v) is 16.2. The number of para-hydroxylation sites is 2. The Labute approximate surface area is 157 Å². The molecule has 0 bridgehead atoms. The maximum atomic E-state index is 12.4. The topological polar surface area (TPSA) is 55.3 Å². The number of carbonyl (C=O) groups is 1. The molecule has 25 heavy (non-hydrogen) atoms. The highest BCUT2D eigenvalue weighted by molar-refractivity contribution is 7.99. The smallest absolute Gasteiger partial charge is 0.410 e. The predicted octanol–water partition coefficient (Wildman–Crippen LogP) is 4.77. The number of amides is 1. The number of ether oxygens (including phenoxy) is 1. The third kappa shape index (κ3) is 4.55. The van der Waals surface area contributed by atoms with Gasteiger partial charge in [-0.05, 0) is 45.7 Å². The van der Waals surface area contributed by atoms with Crippen LogP contribution in [0.3, 0.4) is 0 Å². The standard InChI is InChI=1S/C18H22ClN3O2S/c1-18(2,3)24-17(23)22-10-6-7-12(22)11-25-16-15(19)20-13-8-4-5-9-14(13)21-16/h4-5,8-9,12H,6-7,10-11H2,1-3H3/t12-/m0/s1. The zero-order valence-electron chi connectivity index (χ0n) is 14.7. The van der Waals surface area contributed by atoms with Gasteiger partial charge >= 0.3 is 6.09 Å². The molecule has 1 atom stereocenters. The number of fused-ring (bicyclic) bond motifs is 1. The van der Waals surface area contributed by atoms with Gasteiger partial charge in [0.25, 0.3) is 0 Å². The van der Waals surface area contributed by atoms with E-state index in [1.54, 1.807) is 11.8 Å². The highest BCUT2D eigenvalue weighted by Gasteiger charge is 2.32. The summed E-state index contributed by atoms with van der Waals surface area (Å²) in [6.07, 6.45) is 1.71. The molecule has 7 heteroatoms. The van der Waals surface area contributed by atoms with Crippen LogP contribution in [0, 0.1) is 0 Å². The molecule has 1 saturated heterocycles. The van der Waals surface area contributed by atoms with E-state index in [2.05, 4.69) is 9.97 Å². The van der Waals surface area contributed by atoms with Crippen LogP contribution in [0.25, 0.3) is 11.0 Å². The number of benzene rings is 1. The van der Waals surface area contributed by atoms with Crippen molar-refractivity contribution < 1.29 is 9.53 Å². The average molecular weight is 380 g/mol. The summed E-state index contributed by atoms with van der Waals surface area (Å²) in [6.45, 7) is 6.39. The van der Waals surface area contributed by atoms with Crippen LogP contribution in [0.5, 0.6) is 0 Å². The van der Waals surface area contributed by atoms with Crippen molar-refractivity contribution in [3.8, 4) is 0 Å². The second-order valence-corrected chi connectivity index (χ2v) is 8.46. The number of nitrogens with zero attached hydrogens (tertiary/aromatic N) is 3. The molecular formula is C18H22ClN3O2S. The van der Waals surface area contributed by atoms with E-state index in [0.29, 0.717) is 10.2 Å². The van der Waals surface area contributed by atoms with E-state index >= 15 is 0 Å². The van der Waals surface area contributed by atoms with Crippen LogP contribution in [-0.4, -0.2) is 44.9 Å². The number of carbonyl (C=O) groups excluding carboxylic acids is 1. The number of hydrogen-bond donors (Lipinski definition) is 0. The van der Waals surface area contributed by atoms with Crippen LogP contribution in [-0.2, 0) is 4.74 Å². The van der Waals surface area contributed by atoms with Crippen molar-refractivity contribution in [2.75, 3.05) is 12.3 Å². The van der Waals surface area contributed by atoms with Crippen molar-refractivity contribution in [1.29, 1.82) is 0 Å². The lowest BCUT2D eigenvalue weighted by atomic mass is 10.2. The summed E-state index contributed by atoms with van der Waals surface area (Å²) in [6, 6.07) is 7.79. The van der Waals surface area contributed by atoms with Crippen molar-refractivity contribution in [3.63, 3.8) is 0 Å². The monoisotopic (exact) mass is 379 g/mol. The Morgan fingerprint density at radius 3 is 2.68 bits per heavy atom. The fraction of sp³-hybridized carbons (Fsp3) is 0.500. The number of halogens is 1. The number of rotatable bonds is 3. The predicted molar refractivity (Wildman–Crippen MR) is 101 cm³/mol. The molecule has 1 fully saturated rings. The van der Waals surface area contributed by atoms with Gasteiger partial charge in [0, 0.05) is 18.3 Å². The first-order chi connectivity index (χ1) is 11.8. The first-order valence-electron chi connectivity index (χ1n) is 8.38. The maximum absolute atomic E-state index is 12.4. The van der Waals surface area contributed by atoms with Gasteiger partial charge in [0.1, 0.15) is 10.6 Å². The van der Waals surface area contributed by atoms with Crippen LogP contribution < -0.4 is 0 Å². The molecule has 2 aromatic rings. The minimum atomic E-state index is -0.482. The van der Waals surface area contributed by atoms with E-state index in [1.807, 2.05) is 49.9 Å². The van der Waals surface area contributed by atoms with Crippen molar-refractivity contribution in [3.05, 3.63) is 29.4 Å².